The minimum atomic E-state index is 1.00. The minimum Gasteiger partial charge on any atom is -0.248 e. The number of pyridine rings is 1. The second kappa shape index (κ2) is 6.97. The lowest BCUT2D eigenvalue weighted by Crippen LogP contribution is -1.91. The molecule has 0 saturated heterocycles. The van der Waals surface area contributed by atoms with Crippen LogP contribution in [0.25, 0.3) is 33.6 Å². The number of nitrogens with zero attached hydrogens (tertiary/aromatic N) is 1. The van der Waals surface area contributed by atoms with Gasteiger partial charge in [-0.15, -0.1) is 0 Å². The highest BCUT2D eigenvalue weighted by atomic mass is 14.7. The van der Waals surface area contributed by atoms with Crippen molar-refractivity contribution in [3.05, 3.63) is 102 Å². The molecule has 3 aromatic carbocycles. The summed E-state index contributed by atoms with van der Waals surface area (Å²) in [6.45, 7) is 4.25. The standard InChI is InChI=1S/C25H21N/c1-18-8-6-12-21(14-18)23-16-24(20-10-4-3-5-11-20)26-25(17-23)22-13-7-9-19(2)15-22/h3-17H,1-2H3. The Bertz CT molecular complexity index is 985. The zero-order valence-electron chi connectivity index (χ0n) is 15.1. The van der Waals surface area contributed by atoms with Crippen LogP contribution in [0.2, 0.25) is 0 Å². The van der Waals surface area contributed by atoms with Crippen molar-refractivity contribution in [2.24, 2.45) is 0 Å². The molecule has 0 saturated carbocycles. The Hall–Kier alpha value is -3.19. The molecule has 26 heavy (non-hydrogen) atoms. The number of rotatable bonds is 3. The van der Waals surface area contributed by atoms with Crippen molar-refractivity contribution >= 4 is 0 Å². The first-order valence-corrected chi connectivity index (χ1v) is 8.91. The highest BCUT2D eigenvalue weighted by Crippen LogP contribution is 2.30. The number of hydrogen-bond donors (Lipinski definition) is 0. The maximum absolute atomic E-state index is 4.96. The minimum absolute atomic E-state index is 1.00. The van der Waals surface area contributed by atoms with E-state index in [-0.39, 0.29) is 0 Å². The predicted molar refractivity (Wildman–Crippen MR) is 110 cm³/mol. The van der Waals surface area contributed by atoms with Crippen molar-refractivity contribution in [2.75, 3.05) is 0 Å². The first-order valence-electron chi connectivity index (χ1n) is 8.91. The summed E-state index contributed by atoms with van der Waals surface area (Å²) in [5.74, 6) is 0. The van der Waals surface area contributed by atoms with E-state index in [0.717, 1.165) is 22.5 Å². The third kappa shape index (κ3) is 3.43. The molecule has 0 spiro atoms. The highest BCUT2D eigenvalue weighted by molar-refractivity contribution is 5.76. The van der Waals surface area contributed by atoms with Crippen LogP contribution in [0.1, 0.15) is 11.1 Å². The number of benzene rings is 3. The maximum Gasteiger partial charge on any atom is 0.0715 e. The van der Waals surface area contributed by atoms with E-state index in [1.807, 2.05) is 6.07 Å². The Morgan fingerprint density at radius 2 is 1.00 bits per heavy atom. The van der Waals surface area contributed by atoms with Gasteiger partial charge in [0.2, 0.25) is 0 Å². The van der Waals surface area contributed by atoms with Crippen molar-refractivity contribution < 1.29 is 0 Å². The molecule has 1 heteroatoms. The average molecular weight is 335 g/mol. The Kier molecular flexibility index (Phi) is 4.37. The van der Waals surface area contributed by atoms with Gasteiger partial charge in [-0.25, -0.2) is 4.98 Å². The molecule has 0 fully saturated rings. The van der Waals surface area contributed by atoms with E-state index in [0.29, 0.717) is 0 Å². The predicted octanol–water partition coefficient (Wildman–Crippen LogP) is 6.70. The maximum atomic E-state index is 4.96. The zero-order valence-corrected chi connectivity index (χ0v) is 15.1. The number of hydrogen-bond acceptors (Lipinski definition) is 1. The third-order valence-electron chi connectivity index (χ3n) is 4.56. The molecule has 1 nitrogen and oxygen atoms in total. The van der Waals surface area contributed by atoms with E-state index in [1.165, 1.54) is 22.3 Å². The van der Waals surface area contributed by atoms with E-state index in [1.54, 1.807) is 0 Å². The van der Waals surface area contributed by atoms with Crippen LogP contribution >= 0.6 is 0 Å². The van der Waals surface area contributed by atoms with Crippen LogP contribution in [0.4, 0.5) is 0 Å². The second-order valence-electron chi connectivity index (χ2n) is 6.73. The van der Waals surface area contributed by atoms with Crippen LogP contribution in [0.15, 0.2) is 91.0 Å². The molecule has 1 aromatic heterocycles. The fourth-order valence-electron chi connectivity index (χ4n) is 3.23. The molecule has 0 aliphatic heterocycles. The second-order valence-corrected chi connectivity index (χ2v) is 6.73. The summed E-state index contributed by atoms with van der Waals surface area (Å²) in [6, 6.07) is 31.9. The van der Waals surface area contributed by atoms with Gasteiger partial charge >= 0.3 is 0 Å². The topological polar surface area (TPSA) is 12.9 Å². The zero-order chi connectivity index (χ0) is 17.9. The van der Waals surface area contributed by atoms with Gasteiger partial charge in [0.05, 0.1) is 11.4 Å². The van der Waals surface area contributed by atoms with Crippen LogP contribution in [0, 0.1) is 13.8 Å². The van der Waals surface area contributed by atoms with Gasteiger partial charge in [0, 0.05) is 11.1 Å². The average Bonchev–Trinajstić information content (AvgIpc) is 2.68. The largest absolute Gasteiger partial charge is 0.248 e. The first-order chi connectivity index (χ1) is 12.7. The normalized spacial score (nSPS) is 10.7. The highest BCUT2D eigenvalue weighted by Gasteiger charge is 2.09. The summed E-state index contributed by atoms with van der Waals surface area (Å²) in [4.78, 5) is 4.96. The molecule has 126 valence electrons. The summed E-state index contributed by atoms with van der Waals surface area (Å²) in [5.41, 5.74) is 9.21. The van der Waals surface area contributed by atoms with Gasteiger partial charge in [0.1, 0.15) is 0 Å². The molecule has 0 N–H and O–H groups in total. The monoisotopic (exact) mass is 335 g/mol. The summed E-state index contributed by atoms with van der Waals surface area (Å²) >= 11 is 0. The van der Waals surface area contributed by atoms with Gasteiger partial charge in [-0.1, -0.05) is 83.9 Å². The molecular formula is C25H21N. The summed E-state index contributed by atoms with van der Waals surface area (Å²) in [5, 5.41) is 0. The fraction of sp³-hybridized carbons (Fsp3) is 0.0800. The fourth-order valence-corrected chi connectivity index (χ4v) is 3.23. The van der Waals surface area contributed by atoms with Crippen LogP contribution in [0.3, 0.4) is 0 Å². The molecule has 0 unspecified atom stereocenters. The SMILES string of the molecule is Cc1cccc(-c2cc(-c3ccccc3)nc(-c3cccc(C)c3)c2)c1. The molecule has 0 aliphatic rings. The third-order valence-corrected chi connectivity index (χ3v) is 4.56. The Morgan fingerprint density at radius 1 is 0.462 bits per heavy atom. The van der Waals surface area contributed by atoms with E-state index >= 15 is 0 Å². The van der Waals surface area contributed by atoms with Crippen molar-refractivity contribution in [1.29, 1.82) is 0 Å². The van der Waals surface area contributed by atoms with Gasteiger partial charge < -0.3 is 0 Å². The van der Waals surface area contributed by atoms with Gasteiger partial charge in [0.25, 0.3) is 0 Å². The van der Waals surface area contributed by atoms with E-state index in [2.05, 4.69) is 98.8 Å². The first kappa shape index (κ1) is 16.3. The van der Waals surface area contributed by atoms with Crippen molar-refractivity contribution in [2.45, 2.75) is 13.8 Å². The van der Waals surface area contributed by atoms with E-state index < -0.39 is 0 Å². The van der Waals surface area contributed by atoms with Crippen molar-refractivity contribution in [1.82, 2.24) is 4.98 Å². The molecule has 0 bridgehead atoms. The quantitative estimate of drug-likeness (QED) is 0.406. The summed E-state index contributed by atoms with van der Waals surface area (Å²) < 4.78 is 0. The smallest absolute Gasteiger partial charge is 0.0715 e. The number of aryl methyl sites for hydroxylation is 2. The van der Waals surface area contributed by atoms with Gasteiger partial charge in [0.15, 0.2) is 0 Å². The van der Waals surface area contributed by atoms with Gasteiger partial charge in [-0.05, 0) is 43.2 Å². The van der Waals surface area contributed by atoms with Crippen LogP contribution in [0.5, 0.6) is 0 Å². The number of aromatic nitrogens is 1. The lowest BCUT2D eigenvalue weighted by atomic mass is 9.98. The molecule has 0 amide bonds. The van der Waals surface area contributed by atoms with E-state index in [9.17, 15) is 0 Å². The Morgan fingerprint density at radius 3 is 1.65 bits per heavy atom. The summed E-state index contributed by atoms with van der Waals surface area (Å²) in [6.07, 6.45) is 0. The van der Waals surface area contributed by atoms with Crippen molar-refractivity contribution in [3.8, 4) is 33.6 Å². The van der Waals surface area contributed by atoms with E-state index in [4.69, 9.17) is 4.98 Å². The molecule has 0 atom stereocenters. The molecule has 1 heterocycles. The van der Waals surface area contributed by atoms with Crippen LogP contribution < -0.4 is 0 Å². The molecule has 4 aromatic rings. The van der Waals surface area contributed by atoms with Gasteiger partial charge in [-0.3, -0.25) is 0 Å². The Labute approximate surface area is 155 Å². The molecule has 4 rings (SSSR count). The molecule has 0 aliphatic carbocycles. The van der Waals surface area contributed by atoms with Gasteiger partial charge in [-0.2, -0.15) is 0 Å². The Balaban J connectivity index is 1.93. The molecular weight excluding hydrogens is 314 g/mol. The van der Waals surface area contributed by atoms with Crippen LogP contribution in [-0.2, 0) is 0 Å². The van der Waals surface area contributed by atoms with Crippen LogP contribution in [-0.4, -0.2) is 4.98 Å². The summed E-state index contributed by atoms with van der Waals surface area (Å²) in [7, 11) is 0. The lowest BCUT2D eigenvalue weighted by molar-refractivity contribution is 1.31. The lowest BCUT2D eigenvalue weighted by Gasteiger charge is -2.11. The van der Waals surface area contributed by atoms with Crippen molar-refractivity contribution in [3.63, 3.8) is 0 Å². The molecule has 0 radical (unpaired) electrons.